The molecule has 0 saturated carbocycles. The van der Waals surface area contributed by atoms with Crippen LogP contribution in [0.15, 0.2) is 24.3 Å². The van der Waals surface area contributed by atoms with Crippen LogP contribution in [0, 0.1) is 11.3 Å². The number of nitrogens with one attached hydrogen (secondary N) is 3. The summed E-state index contributed by atoms with van der Waals surface area (Å²) in [7, 11) is 1.50. The SMILES string of the molecule is CNC(=O)[C@@H](NC(=O)[C@H](CC(C)C)NC(=O)[C@@H](S)CCN1C(=O)c2ccccc2C1=O)C(C)(C)C. The van der Waals surface area contributed by atoms with Gasteiger partial charge in [0.2, 0.25) is 17.7 Å². The maximum Gasteiger partial charge on any atom is 0.261 e. The molecular formula is C25H36N4O5S. The molecule has 0 spiro atoms. The molecule has 0 radical (unpaired) electrons. The highest BCUT2D eigenvalue weighted by Gasteiger charge is 2.37. The fourth-order valence-corrected chi connectivity index (χ4v) is 4.05. The van der Waals surface area contributed by atoms with Gasteiger partial charge in [-0.2, -0.15) is 12.6 Å². The van der Waals surface area contributed by atoms with Crippen LogP contribution in [0.5, 0.6) is 0 Å². The monoisotopic (exact) mass is 504 g/mol. The molecule has 1 aromatic carbocycles. The van der Waals surface area contributed by atoms with Crippen molar-refractivity contribution < 1.29 is 24.0 Å². The molecule has 1 aromatic rings. The van der Waals surface area contributed by atoms with Crippen molar-refractivity contribution in [2.75, 3.05) is 13.6 Å². The second kappa shape index (κ2) is 11.7. The first kappa shape index (κ1) is 28.4. The van der Waals surface area contributed by atoms with Gasteiger partial charge in [-0.1, -0.05) is 46.8 Å². The molecule has 3 atom stereocenters. The van der Waals surface area contributed by atoms with Gasteiger partial charge in [-0.05, 0) is 36.3 Å². The molecule has 1 aliphatic heterocycles. The van der Waals surface area contributed by atoms with Crippen molar-refractivity contribution >= 4 is 42.2 Å². The largest absolute Gasteiger partial charge is 0.357 e. The summed E-state index contributed by atoms with van der Waals surface area (Å²) in [6, 6.07) is 4.92. The molecule has 3 N–H and O–H groups in total. The van der Waals surface area contributed by atoms with Crippen molar-refractivity contribution in [1.82, 2.24) is 20.9 Å². The molecule has 35 heavy (non-hydrogen) atoms. The molecule has 0 bridgehead atoms. The number of hydrogen-bond donors (Lipinski definition) is 4. The molecule has 0 saturated heterocycles. The minimum Gasteiger partial charge on any atom is -0.357 e. The molecule has 9 nitrogen and oxygen atoms in total. The van der Waals surface area contributed by atoms with Crippen molar-refractivity contribution in [2.45, 2.75) is 64.8 Å². The zero-order valence-corrected chi connectivity index (χ0v) is 22.1. The number of hydrogen-bond acceptors (Lipinski definition) is 6. The summed E-state index contributed by atoms with van der Waals surface area (Å²) in [6.07, 6.45) is 0.486. The summed E-state index contributed by atoms with van der Waals surface area (Å²) in [6.45, 7) is 9.39. The van der Waals surface area contributed by atoms with Gasteiger partial charge >= 0.3 is 0 Å². The van der Waals surface area contributed by atoms with Crippen LogP contribution in [-0.4, -0.2) is 65.4 Å². The van der Waals surface area contributed by atoms with E-state index in [4.69, 9.17) is 0 Å². The standard InChI is InChI=1S/C25H36N4O5S/c1-14(2)13-17(20(30)28-19(22(32)26-6)25(3,4)5)27-21(31)18(35)11-12-29-23(33)15-9-7-8-10-16(15)24(29)34/h7-10,14,17-19,35H,11-13H2,1-6H3,(H,26,32)(H,27,31)(H,28,30)/t17-,18-,19+/m0/s1. The average molecular weight is 505 g/mol. The highest BCUT2D eigenvalue weighted by Crippen LogP contribution is 2.23. The Balaban J connectivity index is 2.03. The van der Waals surface area contributed by atoms with E-state index < -0.39 is 46.4 Å². The Labute approximate surface area is 212 Å². The van der Waals surface area contributed by atoms with Crippen LogP contribution in [0.2, 0.25) is 0 Å². The first-order valence-corrected chi connectivity index (χ1v) is 12.2. The lowest BCUT2D eigenvalue weighted by molar-refractivity contribution is -0.134. The Bertz CT molecular complexity index is 953. The van der Waals surface area contributed by atoms with Crippen LogP contribution in [-0.2, 0) is 14.4 Å². The number of carbonyl (C=O) groups excluding carboxylic acids is 5. The van der Waals surface area contributed by atoms with Crippen LogP contribution in [0.3, 0.4) is 0 Å². The first-order valence-electron chi connectivity index (χ1n) is 11.7. The number of rotatable bonds is 10. The van der Waals surface area contributed by atoms with Crippen molar-refractivity contribution in [3.63, 3.8) is 0 Å². The van der Waals surface area contributed by atoms with Crippen molar-refractivity contribution in [3.8, 4) is 0 Å². The Morgan fingerprint density at radius 1 is 0.943 bits per heavy atom. The number of imide groups is 1. The van der Waals surface area contributed by atoms with Gasteiger partial charge < -0.3 is 16.0 Å². The molecule has 1 aliphatic rings. The first-order chi connectivity index (χ1) is 16.3. The number of benzene rings is 1. The van der Waals surface area contributed by atoms with Crippen LogP contribution in [0.4, 0.5) is 0 Å². The summed E-state index contributed by atoms with van der Waals surface area (Å²) in [4.78, 5) is 64.4. The normalized spacial score (nSPS) is 15.9. The highest BCUT2D eigenvalue weighted by molar-refractivity contribution is 7.81. The molecule has 0 fully saturated rings. The van der Waals surface area contributed by atoms with Gasteiger partial charge in [0.1, 0.15) is 12.1 Å². The molecule has 0 aromatic heterocycles. The minimum absolute atomic E-state index is 0.0255. The molecule has 1 heterocycles. The molecular weight excluding hydrogens is 468 g/mol. The molecule has 5 amide bonds. The van der Waals surface area contributed by atoms with Gasteiger partial charge in [0.15, 0.2) is 0 Å². The predicted octanol–water partition coefficient (Wildman–Crippen LogP) is 1.78. The second-order valence-electron chi connectivity index (χ2n) is 10.2. The second-order valence-corrected chi connectivity index (χ2v) is 10.8. The molecule has 10 heteroatoms. The molecule has 192 valence electrons. The van der Waals surface area contributed by atoms with Crippen LogP contribution in [0.25, 0.3) is 0 Å². The van der Waals surface area contributed by atoms with Gasteiger partial charge in [-0.15, -0.1) is 0 Å². The van der Waals surface area contributed by atoms with E-state index in [0.29, 0.717) is 17.5 Å². The van der Waals surface area contributed by atoms with Gasteiger partial charge in [-0.3, -0.25) is 28.9 Å². The summed E-state index contributed by atoms with van der Waals surface area (Å²) < 4.78 is 0. The van der Waals surface area contributed by atoms with Gasteiger partial charge in [0.05, 0.1) is 16.4 Å². The third-order valence-electron chi connectivity index (χ3n) is 5.81. The van der Waals surface area contributed by atoms with E-state index in [0.717, 1.165) is 4.90 Å². The lowest BCUT2D eigenvalue weighted by atomic mass is 9.85. The molecule has 2 rings (SSSR count). The predicted molar refractivity (Wildman–Crippen MR) is 136 cm³/mol. The van der Waals surface area contributed by atoms with E-state index in [2.05, 4.69) is 28.6 Å². The number of carbonyl (C=O) groups is 5. The average Bonchev–Trinajstić information content (AvgIpc) is 3.03. The van der Waals surface area contributed by atoms with Crippen molar-refractivity contribution in [1.29, 1.82) is 0 Å². The summed E-state index contributed by atoms with van der Waals surface area (Å²) >= 11 is 4.36. The van der Waals surface area contributed by atoms with E-state index >= 15 is 0 Å². The number of likely N-dealkylation sites (N-methyl/N-ethyl adjacent to an activating group) is 1. The van der Waals surface area contributed by atoms with Crippen molar-refractivity contribution in [2.24, 2.45) is 11.3 Å². The van der Waals surface area contributed by atoms with E-state index in [-0.39, 0.29) is 24.8 Å². The zero-order chi connectivity index (χ0) is 26.5. The lowest BCUT2D eigenvalue weighted by Gasteiger charge is -2.32. The number of fused-ring (bicyclic) bond motifs is 1. The maximum atomic E-state index is 13.1. The maximum absolute atomic E-state index is 13.1. The summed E-state index contributed by atoms with van der Waals surface area (Å²) in [5.74, 6) is -1.98. The van der Waals surface area contributed by atoms with E-state index in [1.54, 1.807) is 24.3 Å². The third-order valence-corrected chi connectivity index (χ3v) is 6.30. The Morgan fingerprint density at radius 2 is 1.49 bits per heavy atom. The number of amides is 5. The summed E-state index contributed by atoms with van der Waals surface area (Å²) in [5.41, 5.74) is 0.146. The highest BCUT2D eigenvalue weighted by atomic mass is 32.1. The number of thiol groups is 1. The number of nitrogens with zero attached hydrogens (tertiary/aromatic N) is 1. The quantitative estimate of drug-likeness (QED) is 0.286. The Kier molecular flexibility index (Phi) is 9.48. The minimum atomic E-state index is -0.869. The smallest absolute Gasteiger partial charge is 0.261 e. The van der Waals surface area contributed by atoms with Gasteiger partial charge in [0, 0.05) is 13.6 Å². The van der Waals surface area contributed by atoms with E-state index in [1.807, 2.05) is 34.6 Å². The topological polar surface area (TPSA) is 125 Å². The van der Waals surface area contributed by atoms with Gasteiger partial charge in [0.25, 0.3) is 11.8 Å². The van der Waals surface area contributed by atoms with Crippen LogP contribution in [0.1, 0.15) is 68.2 Å². The van der Waals surface area contributed by atoms with Crippen molar-refractivity contribution in [3.05, 3.63) is 35.4 Å². The zero-order valence-electron chi connectivity index (χ0n) is 21.2. The Morgan fingerprint density at radius 3 is 1.94 bits per heavy atom. The summed E-state index contributed by atoms with van der Waals surface area (Å²) in [5, 5.41) is 7.21. The molecule has 0 unspecified atom stereocenters. The van der Waals surface area contributed by atoms with Gasteiger partial charge in [-0.25, -0.2) is 0 Å². The fraction of sp³-hybridized carbons (Fsp3) is 0.560. The van der Waals surface area contributed by atoms with E-state index in [1.165, 1.54) is 7.05 Å². The third kappa shape index (κ3) is 7.06. The van der Waals surface area contributed by atoms with E-state index in [9.17, 15) is 24.0 Å². The lowest BCUT2D eigenvalue weighted by Crippen LogP contribution is -2.58. The van der Waals surface area contributed by atoms with Crippen LogP contribution < -0.4 is 16.0 Å². The Hall–Kier alpha value is -2.88. The fourth-order valence-electron chi connectivity index (χ4n) is 3.86. The molecule has 0 aliphatic carbocycles. The van der Waals surface area contributed by atoms with Crippen LogP contribution >= 0.6 is 12.6 Å².